The molecule has 0 aromatic carbocycles. The molecule has 0 saturated carbocycles. The summed E-state index contributed by atoms with van der Waals surface area (Å²) in [6.07, 6.45) is 2.64. The lowest BCUT2D eigenvalue weighted by Crippen LogP contribution is -2.56. The quantitative estimate of drug-likeness (QED) is 0.344. The third-order valence-electron chi connectivity index (χ3n) is 7.02. The minimum absolute atomic E-state index is 0.110. The highest BCUT2D eigenvalue weighted by molar-refractivity contribution is 5.36. The summed E-state index contributed by atoms with van der Waals surface area (Å²) in [5, 5.41) is 6.52. The average Bonchev–Trinajstić information content (AvgIpc) is 3.46. The van der Waals surface area contributed by atoms with Crippen molar-refractivity contribution in [3.63, 3.8) is 0 Å². The van der Waals surface area contributed by atoms with Crippen molar-refractivity contribution >= 4 is 11.9 Å². The molecular formula is C29H37N7O6. The van der Waals surface area contributed by atoms with Crippen molar-refractivity contribution in [1.29, 1.82) is 0 Å². The number of hydrogen-bond acceptors (Lipinski definition) is 13. The molecule has 13 heteroatoms. The smallest absolute Gasteiger partial charge is 0.323 e. The standard InChI is InChI=1S/C29H37N7O6/c1-28(2)39-21-20(38-24-23(22(21)40-28)41-29(3,4)42-24)17-37-27-35-25(32-15-11-18-9-5-7-13-30-18)34-26(36-27)33-16-12-19-10-6-8-14-31-19/h5-10,13-14,20-24H,11-12,15-17H2,1-4H3,(H2,32,33,34,35,36)/t20-,21+,22+,23-,24-/m1/s1. The monoisotopic (exact) mass is 579 g/mol. The zero-order valence-corrected chi connectivity index (χ0v) is 24.2. The summed E-state index contributed by atoms with van der Waals surface area (Å²) in [6, 6.07) is 11.8. The third-order valence-corrected chi connectivity index (χ3v) is 7.02. The Hall–Kier alpha value is -3.49. The Morgan fingerprint density at radius 3 is 1.88 bits per heavy atom. The second-order valence-corrected chi connectivity index (χ2v) is 11.3. The number of pyridine rings is 2. The van der Waals surface area contributed by atoms with Crippen LogP contribution in [0.5, 0.6) is 6.01 Å². The van der Waals surface area contributed by atoms with Gasteiger partial charge in [0.2, 0.25) is 11.9 Å². The topological polar surface area (TPSA) is 144 Å². The van der Waals surface area contributed by atoms with Crippen LogP contribution in [0.2, 0.25) is 0 Å². The van der Waals surface area contributed by atoms with E-state index in [1.165, 1.54) is 0 Å². The summed E-state index contributed by atoms with van der Waals surface area (Å²) >= 11 is 0. The van der Waals surface area contributed by atoms with Gasteiger partial charge in [-0.25, -0.2) is 0 Å². The molecule has 0 radical (unpaired) electrons. The number of fused-ring (bicyclic) bond motifs is 3. The molecule has 3 saturated heterocycles. The first-order chi connectivity index (χ1) is 20.2. The maximum Gasteiger partial charge on any atom is 0.323 e. The molecular weight excluding hydrogens is 542 g/mol. The lowest BCUT2D eigenvalue weighted by Gasteiger charge is -2.36. The Kier molecular flexibility index (Phi) is 8.19. The van der Waals surface area contributed by atoms with E-state index in [-0.39, 0.29) is 18.7 Å². The van der Waals surface area contributed by atoms with E-state index >= 15 is 0 Å². The van der Waals surface area contributed by atoms with E-state index in [2.05, 4.69) is 35.6 Å². The fraction of sp³-hybridized carbons (Fsp3) is 0.552. The van der Waals surface area contributed by atoms with E-state index in [1.54, 1.807) is 12.4 Å². The lowest BCUT2D eigenvalue weighted by molar-refractivity contribution is -0.238. The largest absolute Gasteiger partial charge is 0.460 e. The molecule has 5 atom stereocenters. The Morgan fingerprint density at radius 2 is 1.29 bits per heavy atom. The number of aromatic nitrogens is 5. The van der Waals surface area contributed by atoms with Gasteiger partial charge in [0.1, 0.15) is 31.0 Å². The van der Waals surface area contributed by atoms with Crippen LogP contribution in [0.15, 0.2) is 48.8 Å². The molecule has 6 heterocycles. The van der Waals surface area contributed by atoms with Gasteiger partial charge in [0, 0.05) is 49.7 Å². The van der Waals surface area contributed by atoms with Crippen LogP contribution in [-0.2, 0) is 36.5 Å². The van der Waals surface area contributed by atoms with Gasteiger partial charge in [-0.2, -0.15) is 15.0 Å². The molecule has 224 valence electrons. The second kappa shape index (κ2) is 12.0. The molecule has 3 aliphatic rings. The zero-order chi connectivity index (χ0) is 29.2. The van der Waals surface area contributed by atoms with E-state index in [4.69, 9.17) is 28.4 Å². The van der Waals surface area contributed by atoms with E-state index in [0.717, 1.165) is 11.4 Å². The summed E-state index contributed by atoms with van der Waals surface area (Å²) in [4.78, 5) is 22.3. The van der Waals surface area contributed by atoms with Gasteiger partial charge in [-0.1, -0.05) is 12.1 Å². The van der Waals surface area contributed by atoms with E-state index in [0.29, 0.717) is 37.8 Å². The van der Waals surface area contributed by atoms with Gasteiger partial charge in [0.15, 0.2) is 17.9 Å². The SMILES string of the molecule is CC1(C)O[C@H]2[C@@H](O1)[C@@H](COc1nc(NCCc3ccccn3)nc(NCCc3ccccn3)n1)O[C@@H]1OC(C)(C)O[C@@H]12. The Balaban J connectivity index is 1.14. The molecule has 0 unspecified atom stereocenters. The van der Waals surface area contributed by atoms with Crippen LogP contribution in [0.3, 0.4) is 0 Å². The van der Waals surface area contributed by atoms with Crippen LogP contribution in [0, 0.1) is 0 Å². The molecule has 13 nitrogen and oxygen atoms in total. The molecule has 0 spiro atoms. The van der Waals surface area contributed by atoms with Gasteiger partial charge in [0.05, 0.1) is 0 Å². The fourth-order valence-electron chi connectivity index (χ4n) is 5.26. The predicted octanol–water partition coefficient (Wildman–Crippen LogP) is 2.75. The number of nitrogens with zero attached hydrogens (tertiary/aromatic N) is 5. The first kappa shape index (κ1) is 28.6. The molecule has 3 aromatic heterocycles. The molecule has 3 aromatic rings. The first-order valence-corrected chi connectivity index (χ1v) is 14.3. The number of hydrogen-bond donors (Lipinski definition) is 2. The van der Waals surface area contributed by atoms with E-state index in [1.807, 2.05) is 64.1 Å². The molecule has 2 N–H and O–H groups in total. The lowest BCUT2D eigenvalue weighted by atomic mass is 9.99. The van der Waals surface area contributed by atoms with Gasteiger partial charge >= 0.3 is 6.01 Å². The molecule has 42 heavy (non-hydrogen) atoms. The normalized spacial score (nSPS) is 27.2. The van der Waals surface area contributed by atoms with Crippen molar-refractivity contribution in [2.24, 2.45) is 0 Å². The van der Waals surface area contributed by atoms with Crippen molar-refractivity contribution < 1.29 is 28.4 Å². The van der Waals surface area contributed by atoms with Gasteiger partial charge < -0.3 is 39.1 Å². The van der Waals surface area contributed by atoms with Crippen LogP contribution < -0.4 is 15.4 Å². The minimum Gasteiger partial charge on any atom is -0.460 e. The predicted molar refractivity (Wildman–Crippen MR) is 151 cm³/mol. The Labute approximate surface area is 244 Å². The minimum atomic E-state index is -0.801. The van der Waals surface area contributed by atoms with Crippen molar-refractivity contribution in [3.05, 3.63) is 60.2 Å². The first-order valence-electron chi connectivity index (χ1n) is 14.3. The number of nitrogens with one attached hydrogen (secondary N) is 2. The van der Waals surface area contributed by atoms with Crippen molar-refractivity contribution in [1.82, 2.24) is 24.9 Å². The zero-order valence-electron chi connectivity index (χ0n) is 24.2. The maximum atomic E-state index is 6.27. The van der Waals surface area contributed by atoms with Crippen LogP contribution in [0.1, 0.15) is 39.1 Å². The highest BCUT2D eigenvalue weighted by Gasteiger charge is 2.60. The number of ether oxygens (including phenoxy) is 6. The van der Waals surface area contributed by atoms with Crippen LogP contribution in [0.25, 0.3) is 0 Å². The Morgan fingerprint density at radius 1 is 0.714 bits per heavy atom. The van der Waals surface area contributed by atoms with E-state index < -0.39 is 36.2 Å². The molecule has 3 aliphatic heterocycles. The number of anilines is 2. The van der Waals surface area contributed by atoms with Gasteiger partial charge in [0.25, 0.3) is 0 Å². The second-order valence-electron chi connectivity index (χ2n) is 11.3. The van der Waals surface area contributed by atoms with Crippen LogP contribution in [0.4, 0.5) is 11.9 Å². The molecule has 3 fully saturated rings. The summed E-state index contributed by atoms with van der Waals surface area (Å²) in [6.45, 7) is 8.73. The summed E-state index contributed by atoms with van der Waals surface area (Å²) in [5.41, 5.74) is 1.93. The maximum absolute atomic E-state index is 6.27. The molecule has 0 aliphatic carbocycles. The van der Waals surface area contributed by atoms with Crippen molar-refractivity contribution in [2.45, 2.75) is 82.8 Å². The van der Waals surface area contributed by atoms with E-state index in [9.17, 15) is 0 Å². The van der Waals surface area contributed by atoms with Gasteiger partial charge in [-0.05, 0) is 52.0 Å². The summed E-state index contributed by atoms with van der Waals surface area (Å²) < 4.78 is 36.9. The summed E-state index contributed by atoms with van der Waals surface area (Å²) in [7, 11) is 0. The molecule has 6 rings (SSSR count). The highest BCUT2D eigenvalue weighted by atomic mass is 16.9. The van der Waals surface area contributed by atoms with Crippen molar-refractivity contribution in [3.8, 4) is 6.01 Å². The van der Waals surface area contributed by atoms with Gasteiger partial charge in [-0.3, -0.25) is 9.97 Å². The third kappa shape index (κ3) is 6.93. The average molecular weight is 580 g/mol. The fourth-order valence-corrected chi connectivity index (χ4v) is 5.26. The summed E-state index contributed by atoms with van der Waals surface area (Å²) in [5.74, 6) is -0.833. The van der Waals surface area contributed by atoms with Crippen molar-refractivity contribution in [2.75, 3.05) is 30.3 Å². The van der Waals surface area contributed by atoms with Gasteiger partial charge in [-0.15, -0.1) is 0 Å². The van der Waals surface area contributed by atoms with Crippen LogP contribution >= 0.6 is 0 Å². The Bertz CT molecular complexity index is 1270. The van der Waals surface area contributed by atoms with Crippen LogP contribution in [-0.4, -0.2) is 86.9 Å². The number of rotatable bonds is 11. The molecule has 0 amide bonds. The molecule has 0 bridgehead atoms. The highest BCUT2D eigenvalue weighted by Crippen LogP contribution is 2.44.